The Hall–Kier alpha value is -1.30. The summed E-state index contributed by atoms with van der Waals surface area (Å²) >= 11 is 0. The highest BCUT2D eigenvalue weighted by Crippen LogP contribution is 2.32. The van der Waals surface area contributed by atoms with Crippen LogP contribution >= 0.6 is 0 Å². The van der Waals surface area contributed by atoms with Crippen LogP contribution in [0.15, 0.2) is 0 Å². The molecule has 1 aliphatic carbocycles. The van der Waals surface area contributed by atoms with Crippen molar-refractivity contribution < 1.29 is 19.8 Å². The third-order valence-corrected chi connectivity index (χ3v) is 4.00. The highest BCUT2D eigenvalue weighted by molar-refractivity contribution is 5.86. The maximum absolute atomic E-state index is 12.4. The Morgan fingerprint density at radius 3 is 2.48 bits per heavy atom. The fraction of sp³-hybridized carbons (Fsp3) is 0.867. The van der Waals surface area contributed by atoms with Gasteiger partial charge in [-0.25, -0.2) is 9.59 Å². The van der Waals surface area contributed by atoms with Crippen molar-refractivity contribution in [1.29, 1.82) is 0 Å². The topological polar surface area (TPSA) is 89.9 Å². The number of carboxylic acids is 1. The lowest BCUT2D eigenvalue weighted by atomic mass is 9.76. The smallest absolute Gasteiger partial charge is 0.329 e. The molecule has 1 fully saturated rings. The first-order valence-corrected chi connectivity index (χ1v) is 7.62. The maximum Gasteiger partial charge on any atom is 0.329 e. The molecule has 0 spiro atoms. The van der Waals surface area contributed by atoms with Gasteiger partial charge in [-0.1, -0.05) is 19.8 Å². The summed E-state index contributed by atoms with van der Waals surface area (Å²) in [5, 5.41) is 22.1. The first-order valence-electron chi connectivity index (χ1n) is 7.62. The summed E-state index contributed by atoms with van der Waals surface area (Å²) in [7, 11) is 0. The molecule has 0 aromatic carbocycles. The largest absolute Gasteiger partial charge is 0.480 e. The summed E-state index contributed by atoms with van der Waals surface area (Å²) in [5.74, 6) is -0.693. The SMILES string of the molecule is CCN(CC(C)(C)O)C(=O)NC1(C(=O)O)CCCC(C)C1. The van der Waals surface area contributed by atoms with E-state index in [9.17, 15) is 19.8 Å². The van der Waals surface area contributed by atoms with Gasteiger partial charge in [0, 0.05) is 6.54 Å². The molecule has 122 valence electrons. The van der Waals surface area contributed by atoms with Crippen LogP contribution in [0.5, 0.6) is 0 Å². The molecule has 2 unspecified atom stereocenters. The van der Waals surface area contributed by atoms with Crippen LogP contribution in [0.3, 0.4) is 0 Å². The number of urea groups is 1. The lowest BCUT2D eigenvalue weighted by Gasteiger charge is -2.39. The number of hydrogen-bond donors (Lipinski definition) is 3. The molecular weight excluding hydrogens is 272 g/mol. The van der Waals surface area contributed by atoms with Gasteiger partial charge in [0.15, 0.2) is 0 Å². The standard InChI is InChI=1S/C15H28N2O4/c1-5-17(10-14(3,4)21)13(20)16-15(12(18)19)8-6-7-11(2)9-15/h11,21H,5-10H2,1-4H3,(H,16,20)(H,18,19). The monoisotopic (exact) mass is 300 g/mol. The van der Waals surface area contributed by atoms with Gasteiger partial charge in [-0.2, -0.15) is 0 Å². The van der Waals surface area contributed by atoms with E-state index in [1.807, 2.05) is 13.8 Å². The molecule has 0 bridgehead atoms. The number of amides is 2. The lowest BCUT2D eigenvalue weighted by molar-refractivity contribution is -0.146. The predicted octanol–water partition coefficient (Wildman–Crippen LogP) is 1.82. The summed E-state index contributed by atoms with van der Waals surface area (Å²) in [5.41, 5.74) is -2.19. The minimum atomic E-state index is -1.18. The van der Waals surface area contributed by atoms with E-state index in [1.54, 1.807) is 13.8 Å². The average molecular weight is 300 g/mol. The van der Waals surface area contributed by atoms with Crippen molar-refractivity contribution in [3.05, 3.63) is 0 Å². The molecule has 0 aromatic rings. The van der Waals surface area contributed by atoms with Crippen LogP contribution in [-0.2, 0) is 4.79 Å². The fourth-order valence-electron chi connectivity index (χ4n) is 2.99. The number of nitrogens with one attached hydrogen (secondary N) is 1. The van der Waals surface area contributed by atoms with Crippen LogP contribution < -0.4 is 5.32 Å². The van der Waals surface area contributed by atoms with Crippen molar-refractivity contribution in [2.24, 2.45) is 5.92 Å². The van der Waals surface area contributed by atoms with Crippen LogP contribution in [0.4, 0.5) is 4.79 Å². The molecule has 0 heterocycles. The fourth-order valence-corrected chi connectivity index (χ4v) is 2.99. The number of likely N-dealkylation sites (N-methyl/N-ethyl adjacent to an activating group) is 1. The van der Waals surface area contributed by atoms with Crippen molar-refractivity contribution >= 4 is 12.0 Å². The van der Waals surface area contributed by atoms with E-state index in [2.05, 4.69) is 5.32 Å². The van der Waals surface area contributed by atoms with Gasteiger partial charge in [0.25, 0.3) is 0 Å². The number of nitrogens with zero attached hydrogens (tertiary/aromatic N) is 1. The second-order valence-corrected chi connectivity index (χ2v) is 6.85. The van der Waals surface area contributed by atoms with Gasteiger partial charge >= 0.3 is 12.0 Å². The Morgan fingerprint density at radius 2 is 2.05 bits per heavy atom. The Labute approximate surface area is 126 Å². The zero-order chi connectivity index (χ0) is 16.3. The van der Waals surface area contributed by atoms with E-state index < -0.39 is 23.1 Å². The summed E-state index contributed by atoms with van der Waals surface area (Å²) in [6.07, 6.45) is 2.70. The van der Waals surface area contributed by atoms with E-state index in [0.29, 0.717) is 19.4 Å². The van der Waals surface area contributed by atoms with Crippen molar-refractivity contribution in [3.8, 4) is 0 Å². The van der Waals surface area contributed by atoms with Crippen LogP contribution in [0, 0.1) is 5.92 Å². The molecule has 21 heavy (non-hydrogen) atoms. The van der Waals surface area contributed by atoms with Gasteiger partial charge < -0.3 is 20.4 Å². The molecule has 0 radical (unpaired) electrons. The average Bonchev–Trinajstić information content (AvgIpc) is 2.34. The zero-order valence-corrected chi connectivity index (χ0v) is 13.5. The van der Waals surface area contributed by atoms with Crippen LogP contribution in [0.2, 0.25) is 0 Å². The molecule has 0 aliphatic heterocycles. The van der Waals surface area contributed by atoms with Gasteiger partial charge in [0.2, 0.25) is 0 Å². The Morgan fingerprint density at radius 1 is 1.43 bits per heavy atom. The molecule has 6 nitrogen and oxygen atoms in total. The third kappa shape index (κ3) is 4.88. The van der Waals surface area contributed by atoms with Gasteiger partial charge in [0.1, 0.15) is 5.54 Å². The number of rotatable bonds is 5. The Kier molecular flexibility index (Phi) is 5.61. The first kappa shape index (κ1) is 17.8. The van der Waals surface area contributed by atoms with Crippen molar-refractivity contribution in [1.82, 2.24) is 10.2 Å². The highest BCUT2D eigenvalue weighted by Gasteiger charge is 2.44. The molecular formula is C15H28N2O4. The van der Waals surface area contributed by atoms with E-state index in [1.165, 1.54) is 4.90 Å². The number of aliphatic carboxylic acids is 1. The van der Waals surface area contributed by atoms with Crippen molar-refractivity contribution in [2.75, 3.05) is 13.1 Å². The summed E-state index contributed by atoms with van der Waals surface area (Å²) in [6.45, 7) is 7.65. The second-order valence-electron chi connectivity index (χ2n) is 6.85. The van der Waals surface area contributed by atoms with Crippen LogP contribution in [-0.4, -0.2) is 51.3 Å². The Bertz CT molecular complexity index is 392. The number of hydrogen-bond acceptors (Lipinski definition) is 3. The number of carbonyl (C=O) groups is 2. The lowest BCUT2D eigenvalue weighted by Crippen LogP contribution is -2.60. The molecule has 1 saturated carbocycles. The summed E-state index contributed by atoms with van der Waals surface area (Å²) in [6, 6.07) is -0.420. The van der Waals surface area contributed by atoms with E-state index in [0.717, 1.165) is 12.8 Å². The van der Waals surface area contributed by atoms with E-state index in [4.69, 9.17) is 0 Å². The molecule has 1 aliphatic rings. The highest BCUT2D eigenvalue weighted by atomic mass is 16.4. The molecule has 3 N–H and O–H groups in total. The maximum atomic E-state index is 12.4. The van der Waals surface area contributed by atoms with Crippen molar-refractivity contribution in [3.63, 3.8) is 0 Å². The predicted molar refractivity (Wildman–Crippen MR) is 80.1 cm³/mol. The van der Waals surface area contributed by atoms with Crippen molar-refractivity contribution in [2.45, 2.75) is 64.5 Å². The van der Waals surface area contributed by atoms with Gasteiger partial charge in [0.05, 0.1) is 12.1 Å². The summed E-state index contributed by atoms with van der Waals surface area (Å²) in [4.78, 5) is 25.5. The Balaban J connectivity index is 2.83. The second kappa shape index (κ2) is 6.64. The van der Waals surface area contributed by atoms with Crippen LogP contribution in [0.25, 0.3) is 0 Å². The number of aliphatic hydroxyl groups is 1. The quantitative estimate of drug-likeness (QED) is 0.722. The number of carboxylic acid groups (broad SMARTS) is 1. The minimum absolute atomic E-state index is 0.167. The first-order chi connectivity index (χ1) is 9.59. The molecule has 2 amide bonds. The van der Waals surface area contributed by atoms with Gasteiger partial charge in [-0.05, 0) is 39.5 Å². The number of carbonyl (C=O) groups excluding carboxylic acids is 1. The minimum Gasteiger partial charge on any atom is -0.480 e. The zero-order valence-electron chi connectivity index (χ0n) is 13.5. The molecule has 2 atom stereocenters. The van der Waals surface area contributed by atoms with Crippen LogP contribution in [0.1, 0.15) is 53.4 Å². The van der Waals surface area contributed by atoms with Gasteiger partial charge in [-0.15, -0.1) is 0 Å². The van der Waals surface area contributed by atoms with E-state index in [-0.39, 0.29) is 12.5 Å². The molecule has 0 aromatic heterocycles. The normalized spacial score (nSPS) is 26.2. The molecule has 1 rings (SSSR count). The summed E-state index contributed by atoms with van der Waals surface area (Å²) < 4.78 is 0. The van der Waals surface area contributed by atoms with E-state index >= 15 is 0 Å². The van der Waals surface area contributed by atoms with Gasteiger partial charge in [-0.3, -0.25) is 0 Å². The molecule has 6 heteroatoms. The third-order valence-electron chi connectivity index (χ3n) is 4.00. The molecule has 0 saturated heterocycles.